The molecular formula is C27H59O2PSn. The molecule has 0 saturated heterocycles. The van der Waals surface area contributed by atoms with Gasteiger partial charge in [-0.1, -0.05) is 0 Å². The van der Waals surface area contributed by atoms with E-state index in [-0.39, 0.29) is 23.9 Å². The second-order valence-corrected chi connectivity index (χ2v) is 14.9. The quantitative estimate of drug-likeness (QED) is 0.0726. The van der Waals surface area contributed by atoms with E-state index < -0.39 is 13.2 Å². The third kappa shape index (κ3) is 22.3. The Kier molecular flexibility index (Phi) is 27.7. The van der Waals surface area contributed by atoms with Gasteiger partial charge in [0.1, 0.15) is 0 Å². The van der Waals surface area contributed by atoms with Gasteiger partial charge in [-0.05, 0) is 0 Å². The standard InChI is InChI=1S/C27H57O2P.Sn.2H/c1-4-7-10-13-16-19-23-30(26-22-27(28)29,24-20-17-14-11-8-5-2)25-21-18-15-12-9-6-3;;;/h30H,4-26H2,1-3H3,(H,28,29);;;. The molecule has 1 N–H and O–H groups in total. The summed E-state index contributed by atoms with van der Waals surface area (Å²) in [6, 6.07) is 0. The van der Waals surface area contributed by atoms with E-state index >= 15 is 0 Å². The van der Waals surface area contributed by atoms with Crippen LogP contribution >= 0.6 is 7.26 Å². The molecule has 0 atom stereocenters. The molecule has 2 nitrogen and oxygen atoms in total. The molecular weight excluding hydrogens is 506 g/mol. The third-order valence-corrected chi connectivity index (χ3v) is 12.6. The van der Waals surface area contributed by atoms with Gasteiger partial charge in [0.2, 0.25) is 0 Å². The Labute approximate surface area is 213 Å². The maximum absolute atomic E-state index is 11.4. The van der Waals surface area contributed by atoms with Crippen molar-refractivity contribution in [2.24, 2.45) is 0 Å². The predicted molar refractivity (Wildman–Crippen MR) is 149 cm³/mol. The van der Waals surface area contributed by atoms with Gasteiger partial charge in [-0.15, -0.1) is 0 Å². The van der Waals surface area contributed by atoms with Gasteiger partial charge in [0, 0.05) is 0 Å². The van der Waals surface area contributed by atoms with E-state index in [9.17, 15) is 9.90 Å². The van der Waals surface area contributed by atoms with Crippen molar-refractivity contribution in [3.05, 3.63) is 0 Å². The summed E-state index contributed by atoms with van der Waals surface area (Å²) in [5.41, 5.74) is 0. The molecule has 188 valence electrons. The van der Waals surface area contributed by atoms with Crippen LogP contribution in [0.15, 0.2) is 0 Å². The summed E-state index contributed by atoms with van der Waals surface area (Å²) in [5, 5.41) is 9.41. The zero-order valence-corrected chi connectivity index (χ0v) is 26.9. The first-order valence-corrected chi connectivity index (χ1v) is 16.6. The Morgan fingerprint density at radius 2 is 0.806 bits per heavy atom. The molecule has 0 bridgehead atoms. The number of hydrogen-bond donors (Lipinski definition) is 1. The average molecular weight is 565 g/mol. The van der Waals surface area contributed by atoms with Crippen LogP contribution in [-0.2, 0) is 4.79 Å². The Bertz CT molecular complexity index is 335. The number of carboxylic acid groups (broad SMARTS) is 1. The number of aliphatic carboxylic acids is 1. The first-order valence-electron chi connectivity index (χ1n) is 13.8. The average Bonchev–Trinajstić information content (AvgIpc) is 2.74. The number of unbranched alkanes of at least 4 members (excludes halogenated alkanes) is 15. The van der Waals surface area contributed by atoms with Crippen LogP contribution in [0.1, 0.15) is 143 Å². The normalized spacial score (nSPS) is 12.0. The van der Waals surface area contributed by atoms with Crippen molar-refractivity contribution in [1.29, 1.82) is 0 Å². The fourth-order valence-corrected chi connectivity index (χ4v) is 10.2. The van der Waals surface area contributed by atoms with Crippen molar-refractivity contribution in [3.63, 3.8) is 0 Å². The minimum atomic E-state index is -1.44. The molecule has 0 rings (SSSR count). The molecule has 0 spiro atoms. The maximum atomic E-state index is 11.4. The molecule has 0 aromatic carbocycles. The van der Waals surface area contributed by atoms with Crippen LogP contribution < -0.4 is 0 Å². The van der Waals surface area contributed by atoms with Crippen LogP contribution in [0.25, 0.3) is 0 Å². The van der Waals surface area contributed by atoms with Crippen molar-refractivity contribution >= 4 is 37.1 Å². The van der Waals surface area contributed by atoms with Crippen LogP contribution in [0, 0.1) is 0 Å². The fraction of sp³-hybridized carbons (Fsp3) is 0.963. The van der Waals surface area contributed by atoms with Gasteiger partial charge in [0.05, 0.1) is 0 Å². The Morgan fingerprint density at radius 1 is 0.516 bits per heavy atom. The molecule has 0 saturated carbocycles. The molecule has 0 aromatic rings. The van der Waals surface area contributed by atoms with Gasteiger partial charge in [-0.25, -0.2) is 0 Å². The predicted octanol–water partition coefficient (Wildman–Crippen LogP) is 8.38. The van der Waals surface area contributed by atoms with Crippen molar-refractivity contribution in [2.45, 2.75) is 143 Å². The van der Waals surface area contributed by atoms with Crippen LogP contribution in [0.4, 0.5) is 0 Å². The van der Waals surface area contributed by atoms with Crippen molar-refractivity contribution in [1.82, 2.24) is 0 Å². The molecule has 0 amide bonds. The first kappa shape index (κ1) is 33.9. The minimum absolute atomic E-state index is 0. The van der Waals surface area contributed by atoms with Crippen LogP contribution in [-0.4, -0.2) is 59.6 Å². The molecule has 0 fully saturated rings. The molecule has 0 heterocycles. The molecule has 0 unspecified atom stereocenters. The molecule has 0 aliphatic carbocycles. The van der Waals surface area contributed by atoms with E-state index in [2.05, 4.69) is 20.8 Å². The topological polar surface area (TPSA) is 37.3 Å². The van der Waals surface area contributed by atoms with Gasteiger partial charge < -0.3 is 0 Å². The molecule has 0 aliphatic rings. The van der Waals surface area contributed by atoms with Crippen molar-refractivity contribution in [2.75, 3.05) is 24.6 Å². The summed E-state index contributed by atoms with van der Waals surface area (Å²) < 4.78 is 0. The van der Waals surface area contributed by atoms with Gasteiger partial charge in [-0.2, -0.15) is 0 Å². The van der Waals surface area contributed by atoms with Crippen LogP contribution in [0.2, 0.25) is 0 Å². The zero-order valence-electron chi connectivity index (χ0n) is 21.8. The molecule has 0 aliphatic heterocycles. The third-order valence-electron chi connectivity index (χ3n) is 7.05. The Hall–Kier alpha value is 0.699. The van der Waals surface area contributed by atoms with E-state index in [1.807, 2.05) is 0 Å². The van der Waals surface area contributed by atoms with Gasteiger partial charge in [-0.3, -0.25) is 0 Å². The molecule has 4 heteroatoms. The van der Waals surface area contributed by atoms with Crippen molar-refractivity contribution in [3.8, 4) is 0 Å². The number of carboxylic acids is 1. The Morgan fingerprint density at radius 3 is 1.10 bits per heavy atom. The molecule has 2 radical (unpaired) electrons. The van der Waals surface area contributed by atoms with Gasteiger partial charge in [0.25, 0.3) is 0 Å². The number of hydrogen-bond acceptors (Lipinski definition) is 1. The number of carbonyl (C=O) groups is 1. The van der Waals surface area contributed by atoms with E-state index in [0.717, 1.165) is 6.16 Å². The van der Waals surface area contributed by atoms with Gasteiger partial charge in [0.15, 0.2) is 0 Å². The summed E-state index contributed by atoms with van der Waals surface area (Å²) >= 11 is 0. The first-order chi connectivity index (χ1) is 14.6. The summed E-state index contributed by atoms with van der Waals surface area (Å²) in [5.74, 6) is -0.569. The second kappa shape index (κ2) is 25.3. The fourth-order valence-electron chi connectivity index (χ4n) is 4.96. The van der Waals surface area contributed by atoms with E-state index in [0.29, 0.717) is 6.42 Å². The SMILES string of the molecule is CCCCCCCC[PH](CCCCCCCC)(CCCCCCCC)CCC(=O)O.[SnH2]. The van der Waals surface area contributed by atoms with Crippen molar-refractivity contribution < 1.29 is 9.90 Å². The summed E-state index contributed by atoms with van der Waals surface area (Å²) in [7, 11) is -1.44. The number of rotatable bonds is 24. The molecule has 0 aromatic heterocycles. The van der Waals surface area contributed by atoms with Gasteiger partial charge >= 0.3 is 214 Å². The zero-order chi connectivity index (χ0) is 22.3. The monoisotopic (exact) mass is 566 g/mol. The summed E-state index contributed by atoms with van der Waals surface area (Å²) in [6.07, 6.45) is 30.2. The molecule has 31 heavy (non-hydrogen) atoms. The summed E-state index contributed by atoms with van der Waals surface area (Å²) in [4.78, 5) is 11.4. The van der Waals surface area contributed by atoms with E-state index in [1.165, 1.54) is 134 Å². The van der Waals surface area contributed by atoms with E-state index in [1.54, 1.807) is 0 Å². The second-order valence-electron chi connectivity index (χ2n) is 9.95. The Balaban J connectivity index is 0. The van der Waals surface area contributed by atoms with Crippen LogP contribution in [0.5, 0.6) is 0 Å². The summed E-state index contributed by atoms with van der Waals surface area (Å²) in [6.45, 7) is 6.85. The van der Waals surface area contributed by atoms with E-state index in [4.69, 9.17) is 0 Å². The van der Waals surface area contributed by atoms with Crippen LogP contribution in [0.3, 0.4) is 0 Å².